The van der Waals surface area contributed by atoms with E-state index < -0.39 is 0 Å². The Kier molecular flexibility index (Phi) is 5.81. The zero-order valence-corrected chi connectivity index (χ0v) is 14.6. The predicted molar refractivity (Wildman–Crippen MR) is 89.3 cm³/mol. The van der Waals surface area contributed by atoms with Gasteiger partial charge in [-0.1, -0.05) is 39.3 Å². The average molecular weight is 323 g/mol. The highest BCUT2D eigenvalue weighted by Gasteiger charge is 2.29. The number of likely N-dealkylation sites (tertiary alicyclic amines) is 1. The minimum Gasteiger partial charge on any atom is -0.392 e. The molecular weight excluding hydrogens is 294 g/mol. The number of amides is 1. The van der Waals surface area contributed by atoms with Crippen LogP contribution in [0.25, 0.3) is 0 Å². The van der Waals surface area contributed by atoms with Gasteiger partial charge in [-0.15, -0.1) is 0 Å². The topological polar surface area (TPSA) is 78.6 Å². The van der Waals surface area contributed by atoms with Gasteiger partial charge in [0.1, 0.15) is 0 Å². The van der Waals surface area contributed by atoms with Crippen molar-refractivity contribution < 1.29 is 14.4 Å². The van der Waals surface area contributed by atoms with Gasteiger partial charge in [0.05, 0.1) is 18.3 Å². The van der Waals surface area contributed by atoms with E-state index in [0.29, 0.717) is 12.3 Å². The van der Waals surface area contributed by atoms with E-state index in [1.807, 2.05) is 27.7 Å². The quantitative estimate of drug-likeness (QED) is 0.870. The molecule has 2 heterocycles. The third kappa shape index (κ3) is 4.78. The van der Waals surface area contributed by atoms with Crippen LogP contribution >= 0.6 is 0 Å². The Morgan fingerprint density at radius 2 is 2.26 bits per heavy atom. The Hall–Kier alpha value is -1.40. The maximum atomic E-state index is 12.3. The third-order valence-electron chi connectivity index (χ3n) is 4.41. The molecule has 0 saturated carbocycles. The standard InChI is InChI=1S/C17H29N3O3/c1-5-13(21)12-8-6-7-9-20(12)11-15(22)18-16-10-14(19-23-16)17(2,3)4/h10,12-13,21H,5-9,11H2,1-4H3,(H,18,22). The van der Waals surface area contributed by atoms with Crippen molar-refractivity contribution in [1.82, 2.24) is 10.1 Å². The van der Waals surface area contributed by atoms with Gasteiger partial charge in [0.25, 0.3) is 0 Å². The van der Waals surface area contributed by atoms with Crippen LogP contribution in [0.5, 0.6) is 0 Å². The van der Waals surface area contributed by atoms with E-state index in [4.69, 9.17) is 4.52 Å². The summed E-state index contributed by atoms with van der Waals surface area (Å²) in [6.45, 7) is 9.22. The van der Waals surface area contributed by atoms with Crippen molar-refractivity contribution in [2.75, 3.05) is 18.4 Å². The molecule has 0 spiro atoms. The number of carbonyl (C=O) groups excluding carboxylic acids is 1. The van der Waals surface area contributed by atoms with Gasteiger partial charge in [-0.3, -0.25) is 15.0 Å². The molecule has 2 N–H and O–H groups in total. The molecule has 6 nitrogen and oxygen atoms in total. The summed E-state index contributed by atoms with van der Waals surface area (Å²) < 4.78 is 5.20. The molecule has 1 aliphatic rings. The molecule has 2 unspecified atom stereocenters. The number of nitrogens with one attached hydrogen (secondary N) is 1. The first-order valence-corrected chi connectivity index (χ1v) is 8.50. The van der Waals surface area contributed by atoms with Gasteiger partial charge in [0.2, 0.25) is 11.8 Å². The lowest BCUT2D eigenvalue weighted by Gasteiger charge is -2.37. The average Bonchev–Trinajstić information content (AvgIpc) is 2.95. The van der Waals surface area contributed by atoms with E-state index in [-0.39, 0.29) is 30.0 Å². The van der Waals surface area contributed by atoms with E-state index >= 15 is 0 Å². The first-order chi connectivity index (χ1) is 10.8. The van der Waals surface area contributed by atoms with Crippen LogP contribution in [0, 0.1) is 0 Å². The predicted octanol–water partition coefficient (Wildman–Crippen LogP) is 2.54. The number of piperidine rings is 1. The largest absolute Gasteiger partial charge is 0.392 e. The number of anilines is 1. The smallest absolute Gasteiger partial charge is 0.240 e. The normalized spacial score (nSPS) is 21.2. The second kappa shape index (κ2) is 7.45. The van der Waals surface area contributed by atoms with Crippen molar-refractivity contribution >= 4 is 11.8 Å². The number of rotatable bonds is 5. The summed E-state index contributed by atoms with van der Waals surface area (Å²) in [5, 5.41) is 16.9. The number of aromatic nitrogens is 1. The van der Waals surface area contributed by atoms with Crippen LogP contribution < -0.4 is 5.32 Å². The van der Waals surface area contributed by atoms with Gasteiger partial charge < -0.3 is 9.63 Å². The van der Waals surface area contributed by atoms with Crippen molar-refractivity contribution in [3.05, 3.63) is 11.8 Å². The van der Waals surface area contributed by atoms with E-state index in [0.717, 1.165) is 31.5 Å². The van der Waals surface area contributed by atoms with E-state index in [1.54, 1.807) is 6.07 Å². The Labute approximate surface area is 138 Å². The van der Waals surface area contributed by atoms with Gasteiger partial charge in [-0.25, -0.2) is 0 Å². The Balaban J connectivity index is 1.94. The van der Waals surface area contributed by atoms with Crippen LogP contribution in [0.3, 0.4) is 0 Å². The lowest BCUT2D eigenvalue weighted by molar-refractivity contribution is -0.119. The highest BCUT2D eigenvalue weighted by atomic mass is 16.5. The number of carbonyl (C=O) groups is 1. The molecule has 23 heavy (non-hydrogen) atoms. The molecule has 0 aliphatic carbocycles. The SMILES string of the molecule is CCC(O)C1CCCCN1CC(=O)Nc1cc(C(C)(C)C)no1. The van der Waals surface area contributed by atoms with Crippen LogP contribution in [-0.2, 0) is 10.2 Å². The summed E-state index contributed by atoms with van der Waals surface area (Å²) in [7, 11) is 0. The van der Waals surface area contributed by atoms with Crippen molar-refractivity contribution in [3.8, 4) is 0 Å². The summed E-state index contributed by atoms with van der Waals surface area (Å²) in [6, 6.07) is 1.84. The molecule has 0 bridgehead atoms. The number of nitrogens with zero attached hydrogens (tertiary/aromatic N) is 2. The number of hydrogen-bond donors (Lipinski definition) is 2. The van der Waals surface area contributed by atoms with Crippen molar-refractivity contribution in [3.63, 3.8) is 0 Å². The lowest BCUT2D eigenvalue weighted by atomic mass is 9.92. The second-order valence-electron chi connectivity index (χ2n) is 7.38. The number of hydrogen-bond acceptors (Lipinski definition) is 5. The van der Waals surface area contributed by atoms with Gasteiger partial charge >= 0.3 is 0 Å². The summed E-state index contributed by atoms with van der Waals surface area (Å²) in [6.07, 6.45) is 3.45. The minimum atomic E-state index is -0.374. The van der Waals surface area contributed by atoms with E-state index in [2.05, 4.69) is 15.4 Å². The fourth-order valence-corrected chi connectivity index (χ4v) is 2.97. The molecule has 1 aliphatic heterocycles. The number of aliphatic hydroxyl groups is 1. The van der Waals surface area contributed by atoms with Crippen LogP contribution in [0.2, 0.25) is 0 Å². The highest BCUT2D eigenvalue weighted by molar-refractivity contribution is 5.91. The molecule has 6 heteroatoms. The minimum absolute atomic E-state index is 0.0689. The Morgan fingerprint density at radius 1 is 1.52 bits per heavy atom. The Bertz CT molecular complexity index is 521. The highest BCUT2D eigenvalue weighted by Crippen LogP contribution is 2.24. The molecule has 1 amide bonds. The molecule has 0 radical (unpaired) electrons. The fraction of sp³-hybridized carbons (Fsp3) is 0.765. The molecule has 130 valence electrons. The first-order valence-electron chi connectivity index (χ1n) is 8.50. The zero-order chi connectivity index (χ0) is 17.0. The van der Waals surface area contributed by atoms with Gasteiger partial charge in [0.15, 0.2) is 0 Å². The van der Waals surface area contributed by atoms with Crippen LogP contribution in [0.15, 0.2) is 10.6 Å². The maximum Gasteiger partial charge on any atom is 0.240 e. The molecule has 1 aromatic heterocycles. The molecule has 1 fully saturated rings. The van der Waals surface area contributed by atoms with Gasteiger partial charge in [-0.05, 0) is 25.8 Å². The summed E-state index contributed by atoms with van der Waals surface area (Å²) >= 11 is 0. The van der Waals surface area contributed by atoms with E-state index in [9.17, 15) is 9.90 Å². The van der Waals surface area contributed by atoms with Crippen molar-refractivity contribution in [2.24, 2.45) is 0 Å². The third-order valence-corrected chi connectivity index (χ3v) is 4.41. The summed E-state index contributed by atoms with van der Waals surface area (Å²) in [5.74, 6) is 0.251. The molecule has 0 aromatic carbocycles. The monoisotopic (exact) mass is 323 g/mol. The number of aliphatic hydroxyl groups excluding tert-OH is 1. The molecule has 2 atom stereocenters. The van der Waals surface area contributed by atoms with E-state index in [1.165, 1.54) is 0 Å². The first kappa shape index (κ1) is 17.9. The van der Waals surface area contributed by atoms with Crippen LogP contribution in [0.4, 0.5) is 5.88 Å². The maximum absolute atomic E-state index is 12.3. The zero-order valence-electron chi connectivity index (χ0n) is 14.6. The molecule has 1 saturated heterocycles. The van der Waals surface area contributed by atoms with Crippen molar-refractivity contribution in [2.45, 2.75) is 70.9 Å². The van der Waals surface area contributed by atoms with Crippen molar-refractivity contribution in [1.29, 1.82) is 0 Å². The summed E-state index contributed by atoms with van der Waals surface area (Å²) in [5.41, 5.74) is 0.695. The van der Waals surface area contributed by atoms with Gasteiger partial charge in [0, 0.05) is 17.5 Å². The molecule has 1 aromatic rings. The van der Waals surface area contributed by atoms with Crippen LogP contribution in [-0.4, -0.2) is 46.3 Å². The lowest BCUT2D eigenvalue weighted by Crippen LogP contribution is -2.49. The Morgan fingerprint density at radius 3 is 2.87 bits per heavy atom. The molecule has 2 rings (SSSR count). The summed E-state index contributed by atoms with van der Waals surface area (Å²) in [4.78, 5) is 14.4. The molecular formula is C17H29N3O3. The fourth-order valence-electron chi connectivity index (χ4n) is 2.97. The van der Waals surface area contributed by atoms with Crippen LogP contribution in [0.1, 0.15) is 59.1 Å². The van der Waals surface area contributed by atoms with Gasteiger partial charge in [-0.2, -0.15) is 0 Å². The second-order valence-corrected chi connectivity index (χ2v) is 7.38.